The molecule has 2 N–H and O–H groups in total. The van der Waals surface area contributed by atoms with Crippen LogP contribution in [-0.4, -0.2) is 60.0 Å². The predicted octanol–water partition coefficient (Wildman–Crippen LogP) is 1.67. The van der Waals surface area contributed by atoms with Crippen LogP contribution < -0.4 is 10.4 Å². The molecular weight excluding hydrogens is 332 g/mol. The highest BCUT2D eigenvalue weighted by Gasteiger charge is 2.32. The highest BCUT2D eigenvalue weighted by molar-refractivity contribution is 6.30. The minimum absolute atomic E-state index is 0.408. The van der Waals surface area contributed by atoms with Crippen LogP contribution in [-0.2, 0) is 9.73 Å². The predicted molar refractivity (Wildman–Crippen MR) is 90.6 cm³/mol. The molecule has 1 atom stereocenters. The van der Waals surface area contributed by atoms with Crippen molar-refractivity contribution < 1.29 is 14.9 Å². The summed E-state index contributed by atoms with van der Waals surface area (Å²) in [5, 5.41) is 13.2. The van der Waals surface area contributed by atoms with Gasteiger partial charge in [0.05, 0.1) is 0 Å². The molecule has 2 aliphatic heterocycles. The fourth-order valence-corrected chi connectivity index (χ4v) is 3.29. The first-order valence-electron chi connectivity index (χ1n) is 8.31. The maximum absolute atomic E-state index is 11.8. The van der Waals surface area contributed by atoms with Crippen LogP contribution in [0.15, 0.2) is 24.3 Å². The topological polar surface area (TPSA) is 68.3 Å². The first kappa shape index (κ1) is 17.4. The molecule has 2 fully saturated rings. The number of piperidine rings is 1. The molecule has 1 aromatic rings. The van der Waals surface area contributed by atoms with Gasteiger partial charge in [0.1, 0.15) is 6.04 Å². The van der Waals surface area contributed by atoms with Gasteiger partial charge in [0.2, 0.25) is 0 Å². The highest BCUT2D eigenvalue weighted by atomic mass is 35.5. The minimum Gasteiger partial charge on any atom is -0.369 e. The molecule has 2 heterocycles. The van der Waals surface area contributed by atoms with Crippen LogP contribution in [0.1, 0.15) is 19.3 Å². The summed E-state index contributed by atoms with van der Waals surface area (Å²) >= 11 is 5.93. The molecule has 7 nitrogen and oxygen atoms in total. The number of nitrogens with zero attached hydrogens (tertiary/aromatic N) is 3. The summed E-state index contributed by atoms with van der Waals surface area (Å²) in [6.07, 6.45) is 2.64. The number of piperazine rings is 1. The quantitative estimate of drug-likeness (QED) is 0.633. The number of amides is 1. The average molecular weight is 355 g/mol. The zero-order valence-electron chi connectivity index (χ0n) is 13.5. The van der Waals surface area contributed by atoms with E-state index in [0.717, 1.165) is 49.7 Å². The van der Waals surface area contributed by atoms with Crippen molar-refractivity contribution in [3.8, 4) is 0 Å². The maximum atomic E-state index is 11.8. The normalized spacial score (nSPS) is 23.2. The lowest BCUT2D eigenvalue weighted by Gasteiger charge is -2.40. The summed E-state index contributed by atoms with van der Waals surface area (Å²) in [4.78, 5) is 20.0. The lowest BCUT2D eigenvalue weighted by Crippen LogP contribution is -2.54. The molecule has 0 aromatic heterocycles. The minimum atomic E-state index is -0.432. The van der Waals surface area contributed by atoms with Crippen molar-refractivity contribution in [2.45, 2.75) is 25.3 Å². The molecule has 1 unspecified atom stereocenters. The van der Waals surface area contributed by atoms with Crippen LogP contribution >= 0.6 is 11.6 Å². The van der Waals surface area contributed by atoms with Gasteiger partial charge in [-0.2, -0.15) is 10.1 Å². The number of anilines is 1. The molecule has 0 radical (unpaired) electrons. The van der Waals surface area contributed by atoms with Crippen molar-refractivity contribution in [2.75, 3.05) is 37.6 Å². The molecule has 0 bridgehead atoms. The molecular formula is C16H23ClN4O3. The summed E-state index contributed by atoms with van der Waals surface area (Å²) in [6.45, 7) is 3.85. The number of rotatable bonds is 4. The molecule has 2 saturated heterocycles. The highest BCUT2D eigenvalue weighted by Crippen LogP contribution is 2.22. The van der Waals surface area contributed by atoms with E-state index in [1.54, 1.807) is 10.5 Å². The Morgan fingerprint density at radius 1 is 1.12 bits per heavy atom. The molecule has 8 heteroatoms. The maximum Gasteiger partial charge on any atom is 0.263 e. The Balaban J connectivity index is 1.52. The number of hydroxylamine groups is 5. The third-order valence-electron chi connectivity index (χ3n) is 4.52. The number of carbonyl (C=O) groups excluding carboxylic acids is 1. The van der Waals surface area contributed by atoms with E-state index in [2.05, 4.69) is 4.90 Å². The molecule has 24 heavy (non-hydrogen) atoms. The Kier molecular flexibility index (Phi) is 5.91. The van der Waals surface area contributed by atoms with Gasteiger partial charge in [-0.25, -0.2) is 10.4 Å². The second-order valence-electron chi connectivity index (χ2n) is 6.10. The van der Waals surface area contributed by atoms with Crippen LogP contribution in [0.4, 0.5) is 5.69 Å². The Morgan fingerprint density at radius 2 is 1.83 bits per heavy atom. The van der Waals surface area contributed by atoms with Gasteiger partial charge in [-0.05, 0) is 43.5 Å². The number of hydrogen-bond acceptors (Lipinski definition) is 6. The van der Waals surface area contributed by atoms with E-state index in [1.807, 2.05) is 29.3 Å². The van der Waals surface area contributed by atoms with Gasteiger partial charge in [-0.1, -0.05) is 11.6 Å². The molecule has 0 saturated carbocycles. The van der Waals surface area contributed by atoms with E-state index < -0.39 is 11.9 Å². The number of hydrogen-bond donors (Lipinski definition) is 2. The van der Waals surface area contributed by atoms with E-state index in [1.165, 1.54) is 0 Å². The fraction of sp³-hybridized carbons (Fsp3) is 0.562. The van der Waals surface area contributed by atoms with Gasteiger partial charge in [0.15, 0.2) is 0 Å². The monoisotopic (exact) mass is 354 g/mol. The number of carbonyl (C=O) groups is 1. The van der Waals surface area contributed by atoms with Crippen molar-refractivity contribution in [1.82, 2.24) is 15.6 Å². The third kappa shape index (κ3) is 4.17. The zero-order valence-corrected chi connectivity index (χ0v) is 14.3. The first-order valence-corrected chi connectivity index (χ1v) is 8.69. The fourth-order valence-electron chi connectivity index (χ4n) is 3.17. The van der Waals surface area contributed by atoms with Crippen molar-refractivity contribution in [2.24, 2.45) is 0 Å². The molecule has 1 aromatic carbocycles. The Morgan fingerprint density at radius 3 is 2.50 bits per heavy atom. The Labute approximate surface area is 146 Å². The second-order valence-corrected chi connectivity index (χ2v) is 6.54. The van der Waals surface area contributed by atoms with Gasteiger partial charge in [0, 0.05) is 43.4 Å². The van der Waals surface area contributed by atoms with Crippen LogP contribution in [0.3, 0.4) is 0 Å². The van der Waals surface area contributed by atoms with E-state index in [4.69, 9.17) is 21.7 Å². The van der Waals surface area contributed by atoms with E-state index in [-0.39, 0.29) is 0 Å². The van der Waals surface area contributed by atoms with Gasteiger partial charge in [-0.15, -0.1) is 0 Å². The first-order chi connectivity index (χ1) is 11.7. The van der Waals surface area contributed by atoms with E-state index >= 15 is 0 Å². The molecule has 3 rings (SSSR count). The number of benzene rings is 1. The van der Waals surface area contributed by atoms with Gasteiger partial charge >= 0.3 is 0 Å². The van der Waals surface area contributed by atoms with Gasteiger partial charge in [0.25, 0.3) is 5.91 Å². The third-order valence-corrected chi connectivity index (χ3v) is 4.77. The number of halogens is 1. The molecule has 1 amide bonds. The lowest BCUT2D eigenvalue weighted by molar-refractivity contribution is -0.342. The van der Waals surface area contributed by atoms with Crippen molar-refractivity contribution in [3.63, 3.8) is 0 Å². The molecule has 132 valence electrons. The summed E-state index contributed by atoms with van der Waals surface area (Å²) in [7, 11) is 0. The van der Waals surface area contributed by atoms with Crippen LogP contribution in [0.5, 0.6) is 0 Å². The number of nitrogens with one attached hydrogen (secondary N) is 1. The average Bonchev–Trinajstić information content (AvgIpc) is 2.63. The van der Waals surface area contributed by atoms with E-state index in [0.29, 0.717) is 13.0 Å². The lowest BCUT2D eigenvalue weighted by atomic mass is 10.0. The molecule has 2 aliphatic rings. The molecule has 0 spiro atoms. The second kappa shape index (κ2) is 8.13. The SMILES string of the molecule is O=C(NO)C1CCCCN1ON1CCN(c2ccc(Cl)cc2)CC1. The summed E-state index contributed by atoms with van der Waals surface area (Å²) in [6, 6.07) is 7.39. The van der Waals surface area contributed by atoms with Crippen LogP contribution in [0, 0.1) is 0 Å². The largest absolute Gasteiger partial charge is 0.369 e. The smallest absolute Gasteiger partial charge is 0.263 e. The molecule has 0 aliphatic carbocycles. The van der Waals surface area contributed by atoms with Crippen LogP contribution in [0.25, 0.3) is 0 Å². The van der Waals surface area contributed by atoms with Gasteiger partial charge < -0.3 is 4.90 Å². The van der Waals surface area contributed by atoms with Crippen molar-refractivity contribution in [1.29, 1.82) is 0 Å². The Bertz CT molecular complexity index is 549. The summed E-state index contributed by atoms with van der Waals surface area (Å²) in [5.41, 5.74) is 2.88. The summed E-state index contributed by atoms with van der Waals surface area (Å²) < 4.78 is 0. The zero-order chi connectivity index (χ0) is 16.9. The van der Waals surface area contributed by atoms with Crippen LogP contribution in [0.2, 0.25) is 5.02 Å². The summed E-state index contributed by atoms with van der Waals surface area (Å²) in [5.74, 6) is -0.408. The van der Waals surface area contributed by atoms with Gasteiger partial charge in [-0.3, -0.25) is 10.0 Å². The van der Waals surface area contributed by atoms with Crippen molar-refractivity contribution >= 4 is 23.2 Å². The standard InChI is InChI=1S/C16H23ClN4O3/c17-13-4-6-14(7-5-13)19-9-11-20(12-10-19)24-21-8-2-1-3-15(21)16(22)18-23/h4-7,15,23H,1-3,8-12H2,(H,18,22). The van der Waals surface area contributed by atoms with E-state index in [9.17, 15) is 4.79 Å². The Hall–Kier alpha value is -1.38. The van der Waals surface area contributed by atoms with Crippen molar-refractivity contribution in [3.05, 3.63) is 29.3 Å².